The molecule has 2 aromatic rings. The number of benzene rings is 1. The van der Waals surface area contributed by atoms with Gasteiger partial charge in [-0.2, -0.15) is 0 Å². The Balaban J connectivity index is 1.78. The number of allylic oxidation sites excluding steroid dienone is 1. The zero-order valence-electron chi connectivity index (χ0n) is 13.3. The van der Waals surface area contributed by atoms with Crippen LogP contribution in [0.3, 0.4) is 0 Å². The minimum Gasteiger partial charge on any atom is -0.478 e. The monoisotopic (exact) mass is 338 g/mol. The van der Waals surface area contributed by atoms with Crippen molar-refractivity contribution in [1.82, 2.24) is 4.98 Å². The molecule has 5 rings (SSSR count). The molecule has 0 atom stereocenters. The molecule has 1 aliphatic heterocycles. The third kappa shape index (κ3) is 1.76. The number of carbonyl (C=O) groups is 2. The maximum atomic E-state index is 13.7. The summed E-state index contributed by atoms with van der Waals surface area (Å²) in [7, 11) is 0. The summed E-state index contributed by atoms with van der Waals surface area (Å²) in [6.07, 6.45) is 4.99. The maximum Gasteiger partial charge on any atom is 0.337 e. The fourth-order valence-electron chi connectivity index (χ4n) is 4.58. The predicted octanol–water partition coefficient (Wildman–Crippen LogP) is 3.54. The summed E-state index contributed by atoms with van der Waals surface area (Å²) in [5.74, 6) is -1.62. The topological polar surface area (TPSA) is 82.2 Å². The lowest BCUT2D eigenvalue weighted by Gasteiger charge is -2.39. The molecule has 6 heteroatoms. The van der Waals surface area contributed by atoms with E-state index in [0.29, 0.717) is 23.2 Å². The van der Waals surface area contributed by atoms with E-state index in [1.165, 1.54) is 18.3 Å². The second-order valence-electron chi connectivity index (χ2n) is 7.07. The van der Waals surface area contributed by atoms with E-state index >= 15 is 0 Å². The number of nitrogens with one attached hydrogen (secondary N) is 2. The van der Waals surface area contributed by atoms with Crippen LogP contribution < -0.4 is 5.32 Å². The van der Waals surface area contributed by atoms with Gasteiger partial charge in [-0.05, 0) is 48.6 Å². The van der Waals surface area contributed by atoms with Crippen LogP contribution >= 0.6 is 0 Å². The van der Waals surface area contributed by atoms with Crippen LogP contribution in [0.5, 0.6) is 0 Å². The number of aromatic amines is 1. The molecule has 0 radical (unpaired) electrons. The van der Waals surface area contributed by atoms with Crippen LogP contribution in [0.15, 0.2) is 24.4 Å². The van der Waals surface area contributed by atoms with Crippen molar-refractivity contribution in [2.24, 2.45) is 0 Å². The van der Waals surface area contributed by atoms with Crippen molar-refractivity contribution in [2.45, 2.75) is 31.1 Å². The first-order valence-electron chi connectivity index (χ1n) is 8.30. The smallest absolute Gasteiger partial charge is 0.337 e. The molecular formula is C19H15FN2O3. The van der Waals surface area contributed by atoms with Crippen molar-refractivity contribution in [3.63, 3.8) is 0 Å². The standard InChI is InChI=1S/C19H15FN2O3/c20-9-2-3-13-10(6-9)14(17(23)22-13)11-7-19(4-1-5-19)15-12(18(24)25)8-21-16(11)15/h2-3,6,8,21H,1,4-5,7H2,(H,22,23)(H,24,25)/b14-11-. The lowest BCUT2D eigenvalue weighted by molar-refractivity contribution is -0.110. The van der Waals surface area contributed by atoms with E-state index in [1.807, 2.05) is 0 Å². The first-order chi connectivity index (χ1) is 12.0. The summed E-state index contributed by atoms with van der Waals surface area (Å²) in [4.78, 5) is 27.3. The third-order valence-electron chi connectivity index (χ3n) is 5.80. The van der Waals surface area contributed by atoms with Gasteiger partial charge in [-0.15, -0.1) is 0 Å². The number of hydrogen-bond acceptors (Lipinski definition) is 2. The Bertz CT molecular complexity index is 998. The van der Waals surface area contributed by atoms with Crippen LogP contribution in [-0.2, 0) is 10.2 Å². The van der Waals surface area contributed by atoms with E-state index in [-0.39, 0.29) is 16.9 Å². The first kappa shape index (κ1) is 14.5. The third-order valence-corrected chi connectivity index (χ3v) is 5.80. The van der Waals surface area contributed by atoms with Crippen LogP contribution in [-0.4, -0.2) is 22.0 Å². The molecule has 0 saturated heterocycles. The summed E-state index contributed by atoms with van der Waals surface area (Å²) in [6.45, 7) is 0. The Kier molecular flexibility index (Phi) is 2.66. The Labute approximate surface area is 142 Å². The quantitative estimate of drug-likeness (QED) is 0.696. The Morgan fingerprint density at radius 1 is 1.28 bits per heavy atom. The number of carboxylic acids is 1. The number of hydrogen-bond donors (Lipinski definition) is 3. The molecule has 25 heavy (non-hydrogen) atoms. The zero-order valence-corrected chi connectivity index (χ0v) is 13.3. The number of rotatable bonds is 1. The lowest BCUT2D eigenvalue weighted by atomic mass is 9.64. The van der Waals surface area contributed by atoms with Crippen molar-refractivity contribution < 1.29 is 19.1 Å². The van der Waals surface area contributed by atoms with Crippen molar-refractivity contribution in [3.8, 4) is 0 Å². The van der Waals surface area contributed by atoms with Gasteiger partial charge in [0.15, 0.2) is 0 Å². The number of fused-ring (bicyclic) bond motifs is 3. The van der Waals surface area contributed by atoms with E-state index < -0.39 is 11.8 Å². The van der Waals surface area contributed by atoms with Gasteiger partial charge < -0.3 is 15.4 Å². The molecule has 0 unspecified atom stereocenters. The number of halogens is 1. The molecule has 1 aromatic carbocycles. The molecule has 2 aliphatic carbocycles. The molecule has 0 bridgehead atoms. The van der Waals surface area contributed by atoms with Gasteiger partial charge in [-0.1, -0.05) is 6.42 Å². The van der Waals surface area contributed by atoms with Crippen LogP contribution in [0.1, 0.15) is 52.9 Å². The highest BCUT2D eigenvalue weighted by Gasteiger charge is 2.50. The van der Waals surface area contributed by atoms with Crippen molar-refractivity contribution in [3.05, 3.63) is 52.6 Å². The molecular weight excluding hydrogens is 323 g/mol. The average Bonchev–Trinajstić information content (AvgIpc) is 3.16. The zero-order chi connectivity index (χ0) is 17.3. The fourth-order valence-corrected chi connectivity index (χ4v) is 4.58. The number of aromatic nitrogens is 1. The van der Waals surface area contributed by atoms with E-state index in [4.69, 9.17) is 0 Å². The van der Waals surface area contributed by atoms with Gasteiger partial charge in [-0.25, -0.2) is 9.18 Å². The van der Waals surface area contributed by atoms with Gasteiger partial charge in [0.05, 0.1) is 11.1 Å². The van der Waals surface area contributed by atoms with Crippen LogP contribution in [0.25, 0.3) is 11.1 Å². The van der Waals surface area contributed by atoms with Crippen LogP contribution in [0, 0.1) is 5.82 Å². The highest BCUT2D eigenvalue weighted by atomic mass is 19.1. The second-order valence-corrected chi connectivity index (χ2v) is 7.07. The normalized spacial score (nSPS) is 22.5. The number of amides is 1. The van der Waals surface area contributed by atoms with Gasteiger partial charge in [0, 0.05) is 28.6 Å². The van der Waals surface area contributed by atoms with Crippen molar-refractivity contribution in [2.75, 3.05) is 5.32 Å². The summed E-state index contributed by atoms with van der Waals surface area (Å²) in [5, 5.41) is 12.3. The first-order valence-corrected chi connectivity index (χ1v) is 8.30. The number of aromatic carboxylic acids is 1. The molecule has 126 valence electrons. The molecule has 1 saturated carbocycles. The summed E-state index contributed by atoms with van der Waals surface area (Å²) in [6, 6.07) is 4.24. The van der Waals surface area contributed by atoms with Crippen LogP contribution in [0.2, 0.25) is 0 Å². The van der Waals surface area contributed by atoms with E-state index in [0.717, 1.165) is 36.1 Å². The Morgan fingerprint density at radius 2 is 2.08 bits per heavy atom. The molecule has 2 heterocycles. The molecule has 3 aliphatic rings. The summed E-state index contributed by atoms with van der Waals surface area (Å²) in [5.41, 5.74) is 4.00. The maximum absolute atomic E-state index is 13.7. The van der Waals surface area contributed by atoms with Crippen molar-refractivity contribution in [1.29, 1.82) is 0 Å². The van der Waals surface area contributed by atoms with Crippen molar-refractivity contribution >= 4 is 28.7 Å². The van der Waals surface area contributed by atoms with Gasteiger partial charge >= 0.3 is 5.97 Å². The van der Waals surface area contributed by atoms with E-state index in [1.54, 1.807) is 6.07 Å². The molecule has 1 spiro atoms. The molecule has 3 N–H and O–H groups in total. The highest BCUT2D eigenvalue weighted by molar-refractivity contribution is 6.37. The van der Waals surface area contributed by atoms with E-state index in [9.17, 15) is 19.1 Å². The molecule has 1 amide bonds. The van der Waals surface area contributed by atoms with Gasteiger partial charge in [0.2, 0.25) is 0 Å². The van der Waals surface area contributed by atoms with Gasteiger partial charge in [-0.3, -0.25) is 4.79 Å². The SMILES string of the molecule is O=C1Nc2ccc(F)cc2/C1=C1\CC2(CCC2)c2c(C(=O)O)c[nH]c21. The van der Waals surface area contributed by atoms with E-state index in [2.05, 4.69) is 10.3 Å². The predicted molar refractivity (Wildman–Crippen MR) is 89.7 cm³/mol. The fraction of sp³-hybridized carbons (Fsp3) is 0.263. The Hall–Kier alpha value is -2.89. The van der Waals surface area contributed by atoms with Gasteiger partial charge in [0.25, 0.3) is 5.91 Å². The lowest BCUT2D eigenvalue weighted by Crippen LogP contribution is -2.32. The molecule has 5 nitrogen and oxygen atoms in total. The molecule has 1 fully saturated rings. The minimum absolute atomic E-state index is 0.207. The minimum atomic E-state index is -0.961. The number of H-pyrrole nitrogens is 1. The second kappa shape index (κ2) is 4.59. The van der Waals surface area contributed by atoms with Crippen LogP contribution in [0.4, 0.5) is 10.1 Å². The molecule has 1 aromatic heterocycles. The summed E-state index contributed by atoms with van der Waals surface area (Å²) < 4.78 is 13.7. The van der Waals surface area contributed by atoms with Gasteiger partial charge in [0.1, 0.15) is 5.82 Å². The number of carbonyl (C=O) groups excluding carboxylic acids is 1. The largest absolute Gasteiger partial charge is 0.478 e. The Morgan fingerprint density at radius 3 is 2.76 bits per heavy atom. The average molecular weight is 338 g/mol. The summed E-state index contributed by atoms with van der Waals surface area (Å²) >= 11 is 0. The number of carboxylic acid groups (broad SMARTS) is 1. The highest BCUT2D eigenvalue weighted by Crippen LogP contribution is 2.59. The number of anilines is 1.